The lowest BCUT2D eigenvalue weighted by Crippen LogP contribution is -2.45. The van der Waals surface area contributed by atoms with E-state index < -0.39 is 5.60 Å². The average Bonchev–Trinajstić information content (AvgIpc) is 3.32. The predicted octanol–water partition coefficient (Wildman–Crippen LogP) is 2.70. The summed E-state index contributed by atoms with van der Waals surface area (Å²) in [5, 5.41) is 15.5. The molecule has 0 radical (unpaired) electrons. The first-order valence-corrected chi connectivity index (χ1v) is 9.11. The molecule has 0 spiro atoms. The van der Waals surface area contributed by atoms with Crippen LogP contribution < -0.4 is 0 Å². The fourth-order valence-corrected chi connectivity index (χ4v) is 3.45. The number of rotatable bonds is 4. The summed E-state index contributed by atoms with van der Waals surface area (Å²) in [4.78, 5) is 18.7. The molecule has 1 fully saturated rings. The molecule has 1 N–H and O–H groups in total. The summed E-state index contributed by atoms with van der Waals surface area (Å²) in [7, 11) is 0. The quantitative estimate of drug-likeness (QED) is 0.745. The van der Waals surface area contributed by atoms with E-state index in [1.807, 2.05) is 18.2 Å². The van der Waals surface area contributed by atoms with E-state index in [1.54, 1.807) is 40.3 Å². The summed E-state index contributed by atoms with van der Waals surface area (Å²) in [6.07, 6.45) is 5.79. The van der Waals surface area contributed by atoms with Crippen LogP contribution in [0.3, 0.4) is 0 Å². The van der Waals surface area contributed by atoms with E-state index in [1.165, 1.54) is 0 Å². The van der Waals surface area contributed by atoms with Gasteiger partial charge in [0, 0.05) is 25.5 Å². The molecular weight excluding hydrogens is 368 g/mol. The van der Waals surface area contributed by atoms with Gasteiger partial charge in [-0.2, -0.15) is 5.10 Å². The number of amides is 1. The van der Waals surface area contributed by atoms with Crippen molar-refractivity contribution in [2.24, 2.45) is 0 Å². The van der Waals surface area contributed by atoms with Gasteiger partial charge in [-0.25, -0.2) is 0 Å². The van der Waals surface area contributed by atoms with Crippen LogP contribution in [-0.4, -0.2) is 43.8 Å². The number of pyridine rings is 1. The van der Waals surface area contributed by atoms with Crippen LogP contribution in [-0.2, 0) is 12.1 Å². The zero-order valence-corrected chi connectivity index (χ0v) is 15.3. The minimum Gasteiger partial charge on any atom is -0.454 e. The number of aromatic nitrogens is 3. The Labute approximate surface area is 161 Å². The summed E-state index contributed by atoms with van der Waals surface area (Å²) in [6.45, 7) is 1.28. The van der Waals surface area contributed by atoms with Crippen LogP contribution in [0, 0.1) is 0 Å². The maximum Gasteiger partial charge on any atom is 0.289 e. The van der Waals surface area contributed by atoms with E-state index in [4.69, 9.17) is 16.0 Å². The van der Waals surface area contributed by atoms with Gasteiger partial charge in [-0.15, -0.1) is 0 Å². The van der Waals surface area contributed by atoms with Crippen LogP contribution in [0.25, 0.3) is 0 Å². The molecule has 1 aliphatic heterocycles. The molecule has 0 aromatic carbocycles. The Kier molecular flexibility index (Phi) is 4.72. The van der Waals surface area contributed by atoms with Crippen molar-refractivity contribution in [1.29, 1.82) is 0 Å². The SMILES string of the molecule is O=C(c1ccc(Cn2cc(Cl)cn2)o1)N1CCC(O)(c2ccccn2)CC1. The Balaban J connectivity index is 1.40. The molecule has 4 rings (SSSR count). The van der Waals surface area contributed by atoms with Crippen LogP contribution in [0.2, 0.25) is 5.02 Å². The smallest absolute Gasteiger partial charge is 0.289 e. The lowest BCUT2D eigenvalue weighted by atomic mass is 9.87. The van der Waals surface area contributed by atoms with Crippen molar-refractivity contribution in [2.75, 3.05) is 13.1 Å². The number of furan rings is 1. The first kappa shape index (κ1) is 17.8. The lowest BCUT2D eigenvalue weighted by Gasteiger charge is -2.37. The number of aliphatic hydroxyl groups is 1. The molecule has 0 atom stereocenters. The third-order valence-electron chi connectivity index (χ3n) is 4.81. The molecule has 4 heterocycles. The molecule has 140 valence electrons. The highest BCUT2D eigenvalue weighted by Gasteiger charge is 2.37. The van der Waals surface area contributed by atoms with E-state index in [-0.39, 0.29) is 11.7 Å². The Bertz CT molecular complexity index is 929. The number of halogens is 1. The van der Waals surface area contributed by atoms with Crippen molar-refractivity contribution in [2.45, 2.75) is 25.0 Å². The van der Waals surface area contributed by atoms with E-state index in [0.29, 0.717) is 49.0 Å². The highest BCUT2D eigenvalue weighted by atomic mass is 35.5. The molecule has 1 amide bonds. The second-order valence-electron chi connectivity index (χ2n) is 6.66. The predicted molar refractivity (Wildman–Crippen MR) is 98.3 cm³/mol. The molecule has 0 unspecified atom stereocenters. The van der Waals surface area contributed by atoms with E-state index >= 15 is 0 Å². The summed E-state index contributed by atoms with van der Waals surface area (Å²) in [5.74, 6) is 0.731. The topological polar surface area (TPSA) is 84.4 Å². The minimum absolute atomic E-state index is 0.178. The Morgan fingerprint density at radius 1 is 1.26 bits per heavy atom. The van der Waals surface area contributed by atoms with Crippen molar-refractivity contribution in [1.82, 2.24) is 19.7 Å². The van der Waals surface area contributed by atoms with Gasteiger partial charge in [0.05, 0.1) is 23.5 Å². The molecule has 0 aliphatic carbocycles. The standard InChI is InChI=1S/C19H19ClN4O3/c20-14-11-22-24(12-14)13-15-4-5-16(27-15)18(25)23-9-6-19(26,7-10-23)17-3-1-2-8-21-17/h1-5,8,11-12,26H,6-7,9-10,13H2. The van der Waals surface area contributed by atoms with Gasteiger partial charge in [-0.05, 0) is 37.1 Å². The van der Waals surface area contributed by atoms with Crippen molar-refractivity contribution in [3.63, 3.8) is 0 Å². The number of nitrogens with zero attached hydrogens (tertiary/aromatic N) is 4. The summed E-state index contributed by atoms with van der Waals surface area (Å²) in [5.41, 5.74) is -0.346. The fourth-order valence-electron chi connectivity index (χ4n) is 3.29. The van der Waals surface area contributed by atoms with Crippen molar-refractivity contribution >= 4 is 17.5 Å². The molecule has 0 saturated carbocycles. The summed E-state index contributed by atoms with van der Waals surface area (Å²) < 4.78 is 7.32. The Morgan fingerprint density at radius 2 is 2.07 bits per heavy atom. The van der Waals surface area contributed by atoms with E-state index in [0.717, 1.165) is 0 Å². The van der Waals surface area contributed by atoms with Gasteiger partial charge in [0.1, 0.15) is 11.4 Å². The molecular formula is C19H19ClN4O3. The second kappa shape index (κ2) is 7.17. The van der Waals surface area contributed by atoms with E-state index in [9.17, 15) is 9.90 Å². The first-order chi connectivity index (χ1) is 13.0. The molecule has 3 aromatic heterocycles. The normalized spacial score (nSPS) is 16.4. The number of carbonyl (C=O) groups excluding carboxylic acids is 1. The van der Waals surface area contributed by atoms with Gasteiger partial charge in [0.25, 0.3) is 5.91 Å². The first-order valence-electron chi connectivity index (χ1n) is 8.73. The minimum atomic E-state index is -0.994. The number of carbonyl (C=O) groups is 1. The summed E-state index contributed by atoms with van der Waals surface area (Å²) >= 11 is 5.85. The van der Waals surface area contributed by atoms with Gasteiger partial charge in [-0.1, -0.05) is 17.7 Å². The van der Waals surface area contributed by atoms with E-state index in [2.05, 4.69) is 10.1 Å². The van der Waals surface area contributed by atoms with Gasteiger partial charge in [-0.3, -0.25) is 14.5 Å². The van der Waals surface area contributed by atoms with Crippen LogP contribution in [0.15, 0.2) is 53.3 Å². The summed E-state index contributed by atoms with van der Waals surface area (Å²) in [6, 6.07) is 8.92. The maximum atomic E-state index is 12.7. The van der Waals surface area contributed by atoms with Crippen LogP contribution in [0.1, 0.15) is 34.9 Å². The number of hydrogen-bond donors (Lipinski definition) is 1. The van der Waals surface area contributed by atoms with Gasteiger partial charge in [0.15, 0.2) is 5.76 Å². The Morgan fingerprint density at radius 3 is 2.74 bits per heavy atom. The second-order valence-corrected chi connectivity index (χ2v) is 7.10. The monoisotopic (exact) mass is 386 g/mol. The highest BCUT2D eigenvalue weighted by molar-refractivity contribution is 6.30. The van der Waals surface area contributed by atoms with Gasteiger partial charge >= 0.3 is 0 Å². The number of likely N-dealkylation sites (tertiary alicyclic amines) is 1. The fraction of sp³-hybridized carbons (Fsp3) is 0.316. The number of hydrogen-bond acceptors (Lipinski definition) is 5. The van der Waals surface area contributed by atoms with Gasteiger partial charge in [0.2, 0.25) is 0 Å². The van der Waals surface area contributed by atoms with Gasteiger partial charge < -0.3 is 14.4 Å². The lowest BCUT2D eigenvalue weighted by molar-refractivity contribution is -0.0250. The van der Waals surface area contributed by atoms with Crippen LogP contribution in [0.4, 0.5) is 0 Å². The molecule has 7 nitrogen and oxygen atoms in total. The maximum absolute atomic E-state index is 12.7. The molecule has 0 bridgehead atoms. The molecule has 27 heavy (non-hydrogen) atoms. The average molecular weight is 387 g/mol. The van der Waals surface area contributed by atoms with Crippen LogP contribution >= 0.6 is 11.6 Å². The Hall–Kier alpha value is -2.64. The molecule has 3 aromatic rings. The highest BCUT2D eigenvalue weighted by Crippen LogP contribution is 2.32. The molecule has 1 aliphatic rings. The third-order valence-corrected chi connectivity index (χ3v) is 5.01. The van der Waals surface area contributed by atoms with Crippen molar-refractivity contribution < 1.29 is 14.3 Å². The molecule has 8 heteroatoms. The zero-order chi connectivity index (χ0) is 18.9. The number of piperidine rings is 1. The van der Waals surface area contributed by atoms with Crippen molar-refractivity contribution in [3.05, 3.63) is 71.2 Å². The van der Waals surface area contributed by atoms with Crippen LogP contribution in [0.5, 0.6) is 0 Å². The van der Waals surface area contributed by atoms with Crippen molar-refractivity contribution in [3.8, 4) is 0 Å². The zero-order valence-electron chi connectivity index (χ0n) is 14.6. The third kappa shape index (κ3) is 3.74. The molecule has 1 saturated heterocycles. The largest absolute Gasteiger partial charge is 0.454 e.